The van der Waals surface area contributed by atoms with Crippen LogP contribution in [0.1, 0.15) is 18.9 Å². The first kappa shape index (κ1) is 14.2. The molecule has 0 radical (unpaired) electrons. The van der Waals surface area contributed by atoms with E-state index in [4.69, 9.17) is 4.74 Å². The van der Waals surface area contributed by atoms with Crippen molar-refractivity contribution in [1.29, 1.82) is 0 Å². The van der Waals surface area contributed by atoms with Gasteiger partial charge in [0.15, 0.2) is 5.41 Å². The molecule has 0 saturated carbocycles. The molecule has 20 heavy (non-hydrogen) atoms. The van der Waals surface area contributed by atoms with Gasteiger partial charge < -0.3 is 4.74 Å². The van der Waals surface area contributed by atoms with Crippen molar-refractivity contribution in [1.82, 2.24) is 10.6 Å². The van der Waals surface area contributed by atoms with Crippen molar-refractivity contribution >= 4 is 17.8 Å². The van der Waals surface area contributed by atoms with Crippen LogP contribution in [-0.2, 0) is 19.7 Å². The summed E-state index contributed by atoms with van der Waals surface area (Å²) in [5, 5.41) is 4.32. The number of amides is 4. The van der Waals surface area contributed by atoms with Crippen LogP contribution >= 0.6 is 0 Å². The van der Waals surface area contributed by atoms with Crippen LogP contribution in [0.5, 0.6) is 0 Å². The molecule has 4 amide bonds. The Morgan fingerprint density at radius 3 is 2.20 bits per heavy atom. The van der Waals surface area contributed by atoms with E-state index in [-0.39, 0.29) is 13.0 Å². The second-order valence-corrected chi connectivity index (χ2v) is 4.46. The fourth-order valence-corrected chi connectivity index (χ4v) is 2.28. The first-order chi connectivity index (χ1) is 9.61. The zero-order valence-electron chi connectivity index (χ0n) is 11.1. The first-order valence-electron chi connectivity index (χ1n) is 6.41. The highest BCUT2D eigenvalue weighted by molar-refractivity contribution is 6.22. The van der Waals surface area contributed by atoms with Gasteiger partial charge >= 0.3 is 6.03 Å². The van der Waals surface area contributed by atoms with Crippen LogP contribution in [0.25, 0.3) is 0 Å². The largest absolute Gasteiger partial charge is 0.382 e. The standard InChI is InChI=1S/C14H16N2O4/c1-2-20-9-8-14(10-6-4-3-5-7-10)11(17)15-13(19)16-12(14)18/h3-7H,2,8-9H2,1H3,(H2,15,16,17,18,19). The lowest BCUT2D eigenvalue weighted by molar-refractivity contribution is -0.139. The van der Waals surface area contributed by atoms with Crippen LogP contribution in [0.2, 0.25) is 0 Å². The summed E-state index contributed by atoms with van der Waals surface area (Å²) in [4.78, 5) is 35.8. The predicted molar refractivity (Wildman–Crippen MR) is 70.9 cm³/mol. The maximum absolute atomic E-state index is 12.3. The van der Waals surface area contributed by atoms with Crippen LogP contribution in [0, 0.1) is 0 Å². The molecule has 0 aromatic heterocycles. The SMILES string of the molecule is CCOCCC1(c2ccccc2)C(=O)NC(=O)NC1=O. The average Bonchev–Trinajstić information content (AvgIpc) is 2.43. The normalized spacial score (nSPS) is 17.6. The van der Waals surface area contributed by atoms with E-state index in [1.807, 2.05) is 6.92 Å². The number of hydrogen-bond acceptors (Lipinski definition) is 4. The molecule has 1 aromatic carbocycles. The van der Waals surface area contributed by atoms with Gasteiger partial charge in [-0.2, -0.15) is 0 Å². The summed E-state index contributed by atoms with van der Waals surface area (Å²) in [5.41, 5.74) is -0.883. The number of benzene rings is 1. The minimum atomic E-state index is -1.43. The lowest BCUT2D eigenvalue weighted by Gasteiger charge is -2.34. The van der Waals surface area contributed by atoms with Gasteiger partial charge in [-0.05, 0) is 18.9 Å². The monoisotopic (exact) mass is 276 g/mol. The van der Waals surface area contributed by atoms with Crippen LogP contribution in [0.4, 0.5) is 4.79 Å². The van der Waals surface area contributed by atoms with E-state index in [9.17, 15) is 14.4 Å². The molecule has 1 fully saturated rings. The number of hydrogen-bond donors (Lipinski definition) is 2. The van der Waals surface area contributed by atoms with Crippen LogP contribution in [-0.4, -0.2) is 31.1 Å². The molecule has 2 N–H and O–H groups in total. The second-order valence-electron chi connectivity index (χ2n) is 4.46. The van der Waals surface area contributed by atoms with E-state index in [1.54, 1.807) is 30.3 Å². The minimum Gasteiger partial charge on any atom is -0.382 e. The molecule has 1 aromatic rings. The summed E-state index contributed by atoms with van der Waals surface area (Å²) < 4.78 is 5.26. The molecule has 106 valence electrons. The maximum Gasteiger partial charge on any atom is 0.328 e. The molecule has 1 saturated heterocycles. The predicted octanol–water partition coefficient (Wildman–Crippen LogP) is 0.717. The molecule has 0 bridgehead atoms. The van der Waals surface area contributed by atoms with E-state index in [0.717, 1.165) is 0 Å². The number of rotatable bonds is 5. The highest BCUT2D eigenvalue weighted by atomic mass is 16.5. The first-order valence-corrected chi connectivity index (χ1v) is 6.41. The quantitative estimate of drug-likeness (QED) is 0.613. The van der Waals surface area contributed by atoms with Gasteiger partial charge in [0.05, 0.1) is 0 Å². The summed E-state index contributed by atoms with van der Waals surface area (Å²) in [7, 11) is 0. The Kier molecular flexibility index (Phi) is 4.14. The Morgan fingerprint density at radius 1 is 1.05 bits per heavy atom. The topological polar surface area (TPSA) is 84.5 Å². The number of nitrogens with one attached hydrogen (secondary N) is 2. The Morgan fingerprint density at radius 2 is 1.65 bits per heavy atom. The third kappa shape index (κ3) is 2.42. The lowest BCUT2D eigenvalue weighted by atomic mass is 9.75. The van der Waals surface area contributed by atoms with Gasteiger partial charge in [-0.1, -0.05) is 30.3 Å². The van der Waals surface area contributed by atoms with Crippen LogP contribution in [0.3, 0.4) is 0 Å². The molecular weight excluding hydrogens is 260 g/mol. The van der Waals surface area contributed by atoms with E-state index in [1.165, 1.54) is 0 Å². The van der Waals surface area contributed by atoms with Crippen molar-refractivity contribution in [3.63, 3.8) is 0 Å². The number of carbonyl (C=O) groups is 3. The summed E-state index contributed by atoms with van der Waals surface area (Å²) in [6.45, 7) is 2.58. The molecule has 0 atom stereocenters. The summed E-state index contributed by atoms with van der Waals surface area (Å²) in [6, 6.07) is 7.89. The molecule has 0 unspecified atom stereocenters. The third-order valence-electron chi connectivity index (χ3n) is 3.32. The van der Waals surface area contributed by atoms with Gasteiger partial charge in [-0.15, -0.1) is 0 Å². The van der Waals surface area contributed by atoms with E-state index in [0.29, 0.717) is 12.2 Å². The van der Waals surface area contributed by atoms with Crippen molar-refractivity contribution in [2.24, 2.45) is 0 Å². The smallest absolute Gasteiger partial charge is 0.328 e. The number of urea groups is 1. The van der Waals surface area contributed by atoms with Crippen molar-refractivity contribution in [2.45, 2.75) is 18.8 Å². The number of ether oxygens (including phenoxy) is 1. The fourth-order valence-electron chi connectivity index (χ4n) is 2.28. The highest BCUT2D eigenvalue weighted by Crippen LogP contribution is 2.30. The van der Waals surface area contributed by atoms with Crippen molar-refractivity contribution in [2.75, 3.05) is 13.2 Å². The highest BCUT2D eigenvalue weighted by Gasteiger charge is 2.51. The molecule has 0 aliphatic carbocycles. The van der Waals surface area contributed by atoms with Crippen molar-refractivity contribution < 1.29 is 19.1 Å². The van der Waals surface area contributed by atoms with Crippen molar-refractivity contribution in [3.8, 4) is 0 Å². The van der Waals surface area contributed by atoms with Gasteiger partial charge in [0.2, 0.25) is 11.8 Å². The number of carbonyl (C=O) groups excluding carboxylic acids is 3. The van der Waals surface area contributed by atoms with E-state index >= 15 is 0 Å². The Bertz CT molecular complexity index is 507. The molecule has 6 heteroatoms. The van der Waals surface area contributed by atoms with Gasteiger partial charge in [0.1, 0.15) is 0 Å². The van der Waals surface area contributed by atoms with Gasteiger partial charge in [0.25, 0.3) is 0 Å². The Balaban J connectivity index is 2.40. The van der Waals surface area contributed by atoms with Gasteiger partial charge in [-0.3, -0.25) is 20.2 Å². The lowest BCUT2D eigenvalue weighted by Crippen LogP contribution is -2.65. The zero-order valence-corrected chi connectivity index (χ0v) is 11.1. The molecule has 1 aliphatic rings. The number of imide groups is 2. The molecule has 6 nitrogen and oxygen atoms in total. The van der Waals surface area contributed by atoms with Gasteiger partial charge in [-0.25, -0.2) is 4.79 Å². The Hall–Kier alpha value is -2.21. The zero-order chi connectivity index (χ0) is 14.6. The minimum absolute atomic E-state index is 0.176. The summed E-state index contributed by atoms with van der Waals surface area (Å²) >= 11 is 0. The summed E-state index contributed by atoms with van der Waals surface area (Å²) in [6.07, 6.45) is 0.176. The molecule has 0 spiro atoms. The van der Waals surface area contributed by atoms with Crippen LogP contribution < -0.4 is 10.6 Å². The third-order valence-corrected chi connectivity index (χ3v) is 3.32. The molecule has 1 heterocycles. The maximum atomic E-state index is 12.3. The Labute approximate surface area is 116 Å². The fraction of sp³-hybridized carbons (Fsp3) is 0.357. The molecule has 2 rings (SSSR count). The van der Waals surface area contributed by atoms with Crippen molar-refractivity contribution in [3.05, 3.63) is 35.9 Å². The molecular formula is C14H16N2O4. The second kappa shape index (κ2) is 5.83. The van der Waals surface area contributed by atoms with Gasteiger partial charge in [0, 0.05) is 13.2 Å². The summed E-state index contributed by atoms with van der Waals surface area (Å²) in [5.74, 6) is -1.23. The van der Waals surface area contributed by atoms with E-state index in [2.05, 4.69) is 10.6 Å². The average molecular weight is 276 g/mol. The molecule has 1 aliphatic heterocycles. The van der Waals surface area contributed by atoms with E-state index < -0.39 is 23.3 Å². The van der Waals surface area contributed by atoms with Crippen LogP contribution in [0.15, 0.2) is 30.3 Å². The number of barbiturate groups is 1.